The third kappa shape index (κ3) is 18.2. The molecule has 0 saturated heterocycles. The molecule has 0 radical (unpaired) electrons. The second-order valence-electron chi connectivity index (χ2n) is 6.33. The number of aliphatic imine (C=N–C) groups is 1. The standard InChI is InChI=1S/C17H33N5O5/c18-17(19)21-9-6-4-2-1-3-5-7-14(24)22-12-13(23)11-15(25)20-10-8-16(26)27/h13,23H,1-12H2,(H,20,25)(H,22,24)(H,26,27)(H4,18,19,21)/t13-/m0/s1. The lowest BCUT2D eigenvalue weighted by molar-refractivity contribution is -0.137. The van der Waals surface area contributed by atoms with E-state index < -0.39 is 18.0 Å². The number of hydrogen-bond acceptors (Lipinski definition) is 5. The van der Waals surface area contributed by atoms with Crippen LogP contribution in [0.1, 0.15) is 57.8 Å². The molecule has 0 rings (SSSR count). The van der Waals surface area contributed by atoms with Crippen molar-refractivity contribution in [2.45, 2.75) is 63.9 Å². The Morgan fingerprint density at radius 2 is 1.52 bits per heavy atom. The van der Waals surface area contributed by atoms with Crippen LogP contribution in [-0.2, 0) is 14.4 Å². The van der Waals surface area contributed by atoms with E-state index in [0.717, 1.165) is 38.5 Å². The molecule has 0 aliphatic rings. The van der Waals surface area contributed by atoms with Crippen LogP contribution in [0.5, 0.6) is 0 Å². The number of nitrogens with two attached hydrogens (primary N) is 2. The normalized spacial score (nSPS) is 11.4. The maximum Gasteiger partial charge on any atom is 0.305 e. The van der Waals surface area contributed by atoms with Crippen molar-refractivity contribution >= 4 is 23.7 Å². The van der Waals surface area contributed by atoms with Gasteiger partial charge in [0.25, 0.3) is 0 Å². The fourth-order valence-electron chi connectivity index (χ4n) is 2.30. The van der Waals surface area contributed by atoms with Crippen LogP contribution in [0.3, 0.4) is 0 Å². The van der Waals surface area contributed by atoms with E-state index in [-0.39, 0.29) is 37.8 Å². The van der Waals surface area contributed by atoms with Gasteiger partial charge in [-0.25, -0.2) is 0 Å². The Balaban J connectivity index is 3.55. The highest BCUT2D eigenvalue weighted by Crippen LogP contribution is 2.07. The van der Waals surface area contributed by atoms with Gasteiger partial charge in [-0.05, 0) is 12.8 Å². The highest BCUT2D eigenvalue weighted by molar-refractivity contribution is 5.78. The van der Waals surface area contributed by atoms with Gasteiger partial charge in [-0.15, -0.1) is 0 Å². The monoisotopic (exact) mass is 387 g/mol. The lowest BCUT2D eigenvalue weighted by atomic mass is 10.1. The highest BCUT2D eigenvalue weighted by Gasteiger charge is 2.12. The van der Waals surface area contributed by atoms with E-state index in [1.807, 2.05) is 0 Å². The third-order valence-electron chi connectivity index (χ3n) is 3.72. The Kier molecular flexibility index (Phi) is 14.5. The molecule has 0 heterocycles. The zero-order chi connectivity index (χ0) is 20.5. The molecular formula is C17H33N5O5. The number of aliphatic hydroxyl groups excluding tert-OH is 1. The summed E-state index contributed by atoms with van der Waals surface area (Å²) in [7, 11) is 0. The van der Waals surface area contributed by atoms with Crippen LogP contribution < -0.4 is 22.1 Å². The van der Waals surface area contributed by atoms with E-state index >= 15 is 0 Å². The summed E-state index contributed by atoms with van der Waals surface area (Å²) in [6.07, 6.45) is 4.84. The number of hydrogen-bond donors (Lipinski definition) is 6. The average Bonchev–Trinajstić information content (AvgIpc) is 2.57. The molecule has 0 aromatic heterocycles. The summed E-state index contributed by atoms with van der Waals surface area (Å²) in [6.45, 7) is 0.655. The van der Waals surface area contributed by atoms with Crippen molar-refractivity contribution < 1.29 is 24.6 Å². The first-order chi connectivity index (χ1) is 12.8. The Morgan fingerprint density at radius 1 is 0.889 bits per heavy atom. The van der Waals surface area contributed by atoms with Crippen molar-refractivity contribution in [3.8, 4) is 0 Å². The number of nitrogens with one attached hydrogen (secondary N) is 2. The Morgan fingerprint density at radius 3 is 2.15 bits per heavy atom. The summed E-state index contributed by atoms with van der Waals surface area (Å²) in [4.78, 5) is 37.4. The van der Waals surface area contributed by atoms with Crippen molar-refractivity contribution in [2.24, 2.45) is 16.5 Å². The zero-order valence-corrected chi connectivity index (χ0v) is 15.8. The van der Waals surface area contributed by atoms with Gasteiger partial charge in [0.15, 0.2) is 5.96 Å². The van der Waals surface area contributed by atoms with Crippen LogP contribution in [0, 0.1) is 0 Å². The first-order valence-electron chi connectivity index (χ1n) is 9.30. The van der Waals surface area contributed by atoms with Crippen molar-refractivity contribution in [2.75, 3.05) is 19.6 Å². The Bertz CT molecular complexity index is 480. The maximum absolute atomic E-state index is 11.7. The van der Waals surface area contributed by atoms with Crippen molar-refractivity contribution in [3.63, 3.8) is 0 Å². The van der Waals surface area contributed by atoms with Gasteiger partial charge in [-0.1, -0.05) is 25.7 Å². The molecule has 0 aliphatic heterocycles. The van der Waals surface area contributed by atoms with E-state index in [0.29, 0.717) is 13.0 Å². The molecule has 0 aromatic carbocycles. The smallest absolute Gasteiger partial charge is 0.305 e. The van der Waals surface area contributed by atoms with E-state index in [1.165, 1.54) is 0 Å². The van der Waals surface area contributed by atoms with Crippen LogP contribution in [0.2, 0.25) is 0 Å². The Labute approximate surface area is 159 Å². The number of unbranched alkanes of at least 4 members (excludes halogenated alkanes) is 5. The first-order valence-corrected chi connectivity index (χ1v) is 9.30. The van der Waals surface area contributed by atoms with Crippen LogP contribution >= 0.6 is 0 Å². The van der Waals surface area contributed by atoms with Crippen LogP contribution in [0.15, 0.2) is 4.99 Å². The molecule has 0 aliphatic carbocycles. The highest BCUT2D eigenvalue weighted by atomic mass is 16.4. The van der Waals surface area contributed by atoms with Crippen LogP contribution in [0.25, 0.3) is 0 Å². The van der Waals surface area contributed by atoms with Gasteiger partial charge in [0, 0.05) is 26.1 Å². The number of carboxylic acid groups (broad SMARTS) is 1. The molecule has 27 heavy (non-hydrogen) atoms. The molecule has 1 atom stereocenters. The van der Waals surface area contributed by atoms with Gasteiger partial charge >= 0.3 is 5.97 Å². The molecule has 0 bridgehead atoms. The molecule has 8 N–H and O–H groups in total. The van der Waals surface area contributed by atoms with E-state index in [9.17, 15) is 19.5 Å². The number of aliphatic carboxylic acids is 1. The second kappa shape index (κ2) is 15.9. The van der Waals surface area contributed by atoms with Crippen LogP contribution in [-0.4, -0.2) is 59.7 Å². The molecule has 10 nitrogen and oxygen atoms in total. The van der Waals surface area contributed by atoms with Crippen molar-refractivity contribution in [3.05, 3.63) is 0 Å². The number of nitrogens with zero attached hydrogens (tertiary/aromatic N) is 1. The summed E-state index contributed by atoms with van der Waals surface area (Å²) < 4.78 is 0. The third-order valence-corrected chi connectivity index (χ3v) is 3.72. The summed E-state index contributed by atoms with van der Waals surface area (Å²) in [5, 5.41) is 23.2. The quantitative estimate of drug-likeness (QED) is 0.117. The summed E-state index contributed by atoms with van der Waals surface area (Å²) in [5.74, 6) is -1.50. The van der Waals surface area contributed by atoms with Crippen molar-refractivity contribution in [1.29, 1.82) is 0 Å². The van der Waals surface area contributed by atoms with E-state index in [1.54, 1.807) is 0 Å². The fraction of sp³-hybridized carbons (Fsp3) is 0.765. The SMILES string of the molecule is NC(N)=NCCCCCCCCC(=O)NC[C@@H](O)CC(=O)NCCC(=O)O. The number of aliphatic hydroxyl groups is 1. The number of rotatable bonds is 16. The van der Waals surface area contributed by atoms with Crippen LogP contribution in [0.4, 0.5) is 0 Å². The number of amides is 2. The molecule has 0 unspecified atom stereocenters. The molecule has 156 valence electrons. The van der Waals surface area contributed by atoms with E-state index in [4.69, 9.17) is 16.6 Å². The minimum absolute atomic E-state index is 0.00399. The number of guanidine groups is 1. The topological polar surface area (TPSA) is 180 Å². The number of carbonyl (C=O) groups is 3. The lowest BCUT2D eigenvalue weighted by Crippen LogP contribution is -2.36. The van der Waals surface area contributed by atoms with Gasteiger partial charge in [0.1, 0.15) is 0 Å². The van der Waals surface area contributed by atoms with Gasteiger partial charge in [0.05, 0.1) is 18.9 Å². The lowest BCUT2D eigenvalue weighted by Gasteiger charge is -2.12. The predicted molar refractivity (Wildman–Crippen MR) is 102 cm³/mol. The zero-order valence-electron chi connectivity index (χ0n) is 15.8. The maximum atomic E-state index is 11.7. The number of carboxylic acids is 1. The Hall–Kier alpha value is -2.36. The second-order valence-corrected chi connectivity index (χ2v) is 6.33. The number of carbonyl (C=O) groups excluding carboxylic acids is 2. The fourth-order valence-corrected chi connectivity index (χ4v) is 2.30. The molecule has 0 saturated carbocycles. The molecule has 0 fully saturated rings. The average molecular weight is 387 g/mol. The molecule has 0 spiro atoms. The minimum Gasteiger partial charge on any atom is -0.481 e. The molecule has 0 aromatic rings. The van der Waals surface area contributed by atoms with Gasteiger partial charge in [-0.3, -0.25) is 19.4 Å². The summed E-state index contributed by atoms with van der Waals surface area (Å²) in [6, 6.07) is 0. The van der Waals surface area contributed by atoms with Crippen molar-refractivity contribution in [1.82, 2.24) is 10.6 Å². The van der Waals surface area contributed by atoms with Gasteiger partial charge < -0.3 is 32.3 Å². The van der Waals surface area contributed by atoms with E-state index in [2.05, 4.69) is 15.6 Å². The molecule has 2 amide bonds. The molecular weight excluding hydrogens is 354 g/mol. The first kappa shape index (κ1) is 24.6. The molecule has 10 heteroatoms. The predicted octanol–water partition coefficient (Wildman–Crippen LogP) is -0.551. The summed E-state index contributed by atoms with van der Waals surface area (Å²) in [5.41, 5.74) is 10.5. The minimum atomic E-state index is -1.01. The summed E-state index contributed by atoms with van der Waals surface area (Å²) >= 11 is 0. The van der Waals surface area contributed by atoms with Gasteiger partial charge in [-0.2, -0.15) is 0 Å². The largest absolute Gasteiger partial charge is 0.481 e. The van der Waals surface area contributed by atoms with Gasteiger partial charge in [0.2, 0.25) is 11.8 Å².